The Kier molecular flexibility index (Phi) is 4.60. The molecule has 102 valence electrons. The molecule has 1 saturated heterocycles. The van der Waals surface area contributed by atoms with Gasteiger partial charge in [-0.05, 0) is 33.5 Å². The van der Waals surface area contributed by atoms with E-state index in [1.165, 1.54) is 25.0 Å². The first kappa shape index (κ1) is 13.4. The van der Waals surface area contributed by atoms with E-state index in [9.17, 15) is 0 Å². The van der Waals surface area contributed by atoms with Crippen LogP contribution in [0.25, 0.3) is 0 Å². The number of aromatic nitrogens is 2. The Morgan fingerprint density at radius 1 is 1.50 bits per heavy atom. The van der Waals surface area contributed by atoms with Crippen LogP contribution in [0.2, 0.25) is 0 Å². The maximum absolute atomic E-state index is 5.45. The highest BCUT2D eigenvalue weighted by Gasteiger charge is 2.23. The number of hydrogen-bond acceptors (Lipinski definition) is 4. The van der Waals surface area contributed by atoms with Gasteiger partial charge in [0.25, 0.3) is 0 Å². The van der Waals surface area contributed by atoms with Crippen LogP contribution in [-0.2, 0) is 6.54 Å². The summed E-state index contributed by atoms with van der Waals surface area (Å²) >= 11 is 0. The third-order valence-electron chi connectivity index (χ3n) is 3.46. The topological polar surface area (TPSA) is 42.3 Å². The highest BCUT2D eigenvalue weighted by molar-refractivity contribution is 5.28. The van der Waals surface area contributed by atoms with Gasteiger partial charge in [0, 0.05) is 6.54 Å². The molecular formula is C13H24N4O. The maximum atomic E-state index is 5.45. The van der Waals surface area contributed by atoms with Crippen molar-refractivity contribution in [3.63, 3.8) is 0 Å². The highest BCUT2D eigenvalue weighted by Crippen LogP contribution is 2.30. The molecule has 1 atom stereocenters. The number of nitrogens with one attached hydrogen (secondary N) is 1. The summed E-state index contributed by atoms with van der Waals surface area (Å²) in [7, 11) is 5.89. The summed E-state index contributed by atoms with van der Waals surface area (Å²) in [5.74, 6) is 0.910. The lowest BCUT2D eigenvalue weighted by molar-refractivity contribution is 0.335. The molecule has 1 fully saturated rings. The van der Waals surface area contributed by atoms with Crippen molar-refractivity contribution in [3.05, 3.63) is 11.9 Å². The van der Waals surface area contributed by atoms with Crippen molar-refractivity contribution in [3.8, 4) is 5.75 Å². The van der Waals surface area contributed by atoms with Gasteiger partial charge in [0.15, 0.2) is 5.75 Å². The smallest absolute Gasteiger partial charge is 0.161 e. The van der Waals surface area contributed by atoms with Gasteiger partial charge in [-0.1, -0.05) is 6.42 Å². The normalized spacial score (nSPS) is 20.3. The van der Waals surface area contributed by atoms with E-state index in [1.54, 1.807) is 7.11 Å². The molecule has 2 rings (SSSR count). The van der Waals surface area contributed by atoms with Crippen molar-refractivity contribution in [2.75, 3.05) is 34.3 Å². The van der Waals surface area contributed by atoms with E-state index in [2.05, 4.69) is 34.1 Å². The molecule has 2 heterocycles. The molecule has 1 N–H and O–H groups in total. The first-order valence-corrected chi connectivity index (χ1v) is 6.70. The van der Waals surface area contributed by atoms with E-state index in [4.69, 9.17) is 4.74 Å². The molecule has 18 heavy (non-hydrogen) atoms. The van der Waals surface area contributed by atoms with Gasteiger partial charge in [0.1, 0.15) is 0 Å². The summed E-state index contributed by atoms with van der Waals surface area (Å²) in [6.45, 7) is 2.99. The Morgan fingerprint density at radius 3 is 2.94 bits per heavy atom. The average molecular weight is 252 g/mol. The fraction of sp³-hybridized carbons (Fsp3) is 0.769. The second-order valence-electron chi connectivity index (χ2n) is 5.13. The molecule has 0 amide bonds. The van der Waals surface area contributed by atoms with E-state index in [0.717, 1.165) is 25.4 Å². The molecule has 0 spiro atoms. The largest absolute Gasteiger partial charge is 0.493 e. The molecule has 0 saturated carbocycles. The van der Waals surface area contributed by atoms with Crippen molar-refractivity contribution in [1.29, 1.82) is 0 Å². The van der Waals surface area contributed by atoms with Crippen LogP contribution in [0.1, 0.15) is 31.0 Å². The van der Waals surface area contributed by atoms with Crippen LogP contribution in [0.15, 0.2) is 6.20 Å². The van der Waals surface area contributed by atoms with Gasteiger partial charge in [0.05, 0.1) is 31.6 Å². The second-order valence-corrected chi connectivity index (χ2v) is 5.13. The van der Waals surface area contributed by atoms with Crippen molar-refractivity contribution in [2.24, 2.45) is 0 Å². The van der Waals surface area contributed by atoms with Gasteiger partial charge in [-0.3, -0.25) is 4.68 Å². The molecule has 0 bridgehead atoms. The van der Waals surface area contributed by atoms with Crippen LogP contribution in [0, 0.1) is 0 Å². The number of likely N-dealkylation sites (N-methyl/N-ethyl adjacent to an activating group) is 1. The number of hydrogen-bond donors (Lipinski definition) is 1. The van der Waals surface area contributed by atoms with Gasteiger partial charge >= 0.3 is 0 Å². The molecular weight excluding hydrogens is 228 g/mol. The molecule has 5 heteroatoms. The van der Waals surface area contributed by atoms with E-state index in [0.29, 0.717) is 6.04 Å². The first-order chi connectivity index (χ1) is 8.72. The average Bonchev–Trinajstić information content (AvgIpc) is 2.80. The second kappa shape index (κ2) is 6.20. The fourth-order valence-corrected chi connectivity index (χ4v) is 2.44. The van der Waals surface area contributed by atoms with Gasteiger partial charge in [-0.25, -0.2) is 0 Å². The molecule has 0 radical (unpaired) electrons. The molecule has 5 nitrogen and oxygen atoms in total. The molecule has 1 aliphatic heterocycles. The van der Waals surface area contributed by atoms with Crippen LogP contribution in [0.4, 0.5) is 0 Å². The van der Waals surface area contributed by atoms with Crippen LogP contribution in [0.3, 0.4) is 0 Å². The predicted octanol–water partition coefficient (Wildman–Crippen LogP) is 1.27. The molecule has 1 aromatic rings. The third-order valence-corrected chi connectivity index (χ3v) is 3.46. The fourth-order valence-electron chi connectivity index (χ4n) is 2.44. The van der Waals surface area contributed by atoms with Crippen molar-refractivity contribution >= 4 is 0 Å². The standard InChI is InChI=1S/C13H24N4O/c1-16(2)8-9-17-13(12(18-3)10-15-17)11-6-4-5-7-14-11/h10-11,14H,4-9H2,1-3H3. The molecule has 1 unspecified atom stereocenters. The Hall–Kier alpha value is -1.07. The molecule has 0 aliphatic carbocycles. The number of nitrogens with zero attached hydrogens (tertiary/aromatic N) is 3. The zero-order chi connectivity index (χ0) is 13.0. The number of ether oxygens (including phenoxy) is 1. The van der Waals surface area contributed by atoms with Crippen molar-refractivity contribution in [1.82, 2.24) is 20.0 Å². The Morgan fingerprint density at radius 2 is 2.33 bits per heavy atom. The summed E-state index contributed by atoms with van der Waals surface area (Å²) in [5, 5.41) is 8.03. The van der Waals surface area contributed by atoms with Crippen LogP contribution < -0.4 is 10.1 Å². The Labute approximate surface area is 109 Å². The van der Waals surface area contributed by atoms with Gasteiger partial charge < -0.3 is 15.0 Å². The Balaban J connectivity index is 2.15. The molecule has 1 aliphatic rings. The van der Waals surface area contributed by atoms with Gasteiger partial charge in [-0.2, -0.15) is 5.10 Å². The van der Waals surface area contributed by atoms with E-state index in [1.807, 2.05) is 6.20 Å². The van der Waals surface area contributed by atoms with Crippen molar-refractivity contribution < 1.29 is 4.74 Å². The summed E-state index contributed by atoms with van der Waals surface area (Å²) < 4.78 is 7.53. The van der Waals surface area contributed by atoms with Crippen molar-refractivity contribution in [2.45, 2.75) is 31.8 Å². The SMILES string of the molecule is COc1cnn(CCN(C)C)c1C1CCCCN1. The minimum Gasteiger partial charge on any atom is -0.493 e. The third kappa shape index (κ3) is 3.03. The number of piperidine rings is 1. The monoisotopic (exact) mass is 252 g/mol. The number of methoxy groups -OCH3 is 1. The van der Waals surface area contributed by atoms with E-state index < -0.39 is 0 Å². The predicted molar refractivity (Wildman–Crippen MR) is 71.9 cm³/mol. The maximum Gasteiger partial charge on any atom is 0.161 e. The number of rotatable bonds is 5. The van der Waals surface area contributed by atoms with Crippen LogP contribution in [-0.4, -0.2) is 49.0 Å². The Bertz CT molecular complexity index is 369. The van der Waals surface area contributed by atoms with E-state index in [-0.39, 0.29) is 0 Å². The minimum absolute atomic E-state index is 0.387. The van der Waals surface area contributed by atoms with E-state index >= 15 is 0 Å². The summed E-state index contributed by atoms with van der Waals surface area (Å²) in [5.41, 5.74) is 1.21. The summed E-state index contributed by atoms with van der Waals surface area (Å²) in [6.07, 6.45) is 5.55. The van der Waals surface area contributed by atoms with Crippen LogP contribution in [0.5, 0.6) is 5.75 Å². The van der Waals surface area contributed by atoms with Crippen LogP contribution >= 0.6 is 0 Å². The lowest BCUT2D eigenvalue weighted by Gasteiger charge is -2.25. The molecule has 1 aromatic heterocycles. The summed E-state index contributed by atoms with van der Waals surface area (Å²) in [6, 6.07) is 0.387. The highest BCUT2D eigenvalue weighted by atomic mass is 16.5. The lowest BCUT2D eigenvalue weighted by Crippen LogP contribution is -2.30. The van der Waals surface area contributed by atoms with Gasteiger partial charge in [-0.15, -0.1) is 0 Å². The zero-order valence-corrected chi connectivity index (χ0v) is 11.6. The quantitative estimate of drug-likeness (QED) is 0.857. The minimum atomic E-state index is 0.387. The first-order valence-electron chi connectivity index (χ1n) is 6.70. The molecule has 0 aromatic carbocycles. The zero-order valence-electron chi connectivity index (χ0n) is 11.6. The lowest BCUT2D eigenvalue weighted by atomic mass is 10.0. The van der Waals surface area contributed by atoms with Gasteiger partial charge in [0.2, 0.25) is 0 Å². The summed E-state index contributed by atoms with van der Waals surface area (Å²) in [4.78, 5) is 2.17.